The van der Waals surface area contributed by atoms with Gasteiger partial charge in [-0.3, -0.25) is 0 Å². The van der Waals surface area contributed by atoms with Crippen LogP contribution in [0, 0.1) is 0 Å². The van der Waals surface area contributed by atoms with E-state index in [1.54, 1.807) is 0 Å². The zero-order valence-electron chi connectivity index (χ0n) is 14.2. The fraction of sp³-hybridized carbons (Fsp3) is 0.526. The van der Waals surface area contributed by atoms with Gasteiger partial charge in [0.25, 0.3) is 0 Å². The van der Waals surface area contributed by atoms with Crippen LogP contribution in [0.2, 0.25) is 0 Å². The fourth-order valence-electron chi connectivity index (χ4n) is 3.53. The Balaban J connectivity index is 0.00000144. The third-order valence-corrected chi connectivity index (χ3v) is 4.78. The minimum atomic E-state index is 0. The highest BCUT2D eigenvalue weighted by molar-refractivity contribution is 5.85. The molecular formula is C19H29Cl2N3. The van der Waals surface area contributed by atoms with Crippen molar-refractivity contribution >= 4 is 24.8 Å². The third-order valence-electron chi connectivity index (χ3n) is 4.78. The zero-order chi connectivity index (χ0) is 15.0. The predicted octanol–water partition coefficient (Wildman–Crippen LogP) is 4.60. The highest BCUT2D eigenvalue weighted by Crippen LogP contribution is 2.21. The molecule has 134 valence electrons. The van der Waals surface area contributed by atoms with Gasteiger partial charge in [0.2, 0.25) is 0 Å². The Bertz CT molecular complexity index is 531. The molecule has 2 aromatic rings. The van der Waals surface area contributed by atoms with Crippen molar-refractivity contribution in [2.45, 2.75) is 51.1 Å². The Kier molecular flexibility index (Phi) is 10.1. The van der Waals surface area contributed by atoms with Gasteiger partial charge in [0.1, 0.15) is 0 Å². The van der Waals surface area contributed by atoms with Gasteiger partial charge in [-0.05, 0) is 50.8 Å². The van der Waals surface area contributed by atoms with Crippen molar-refractivity contribution in [3.8, 4) is 0 Å². The summed E-state index contributed by atoms with van der Waals surface area (Å²) in [5.41, 5.74) is 1.47. The molecule has 0 aliphatic carbocycles. The van der Waals surface area contributed by atoms with E-state index >= 15 is 0 Å². The van der Waals surface area contributed by atoms with Crippen LogP contribution in [0.4, 0.5) is 0 Å². The van der Waals surface area contributed by atoms with E-state index in [1.807, 2.05) is 12.5 Å². The van der Waals surface area contributed by atoms with Crippen molar-refractivity contribution in [2.24, 2.45) is 0 Å². The molecule has 1 fully saturated rings. The minimum absolute atomic E-state index is 0. The molecule has 1 aromatic carbocycles. The molecule has 1 atom stereocenters. The Morgan fingerprint density at radius 3 is 2.62 bits per heavy atom. The van der Waals surface area contributed by atoms with Gasteiger partial charge in [-0.15, -0.1) is 24.8 Å². The summed E-state index contributed by atoms with van der Waals surface area (Å²) >= 11 is 0. The van der Waals surface area contributed by atoms with Crippen LogP contribution in [0.25, 0.3) is 0 Å². The third kappa shape index (κ3) is 6.46. The van der Waals surface area contributed by atoms with Crippen molar-refractivity contribution in [3.05, 3.63) is 54.6 Å². The van der Waals surface area contributed by atoms with Gasteiger partial charge in [0.15, 0.2) is 0 Å². The Morgan fingerprint density at radius 1 is 1.04 bits per heavy atom. The maximum Gasteiger partial charge on any atom is 0.0945 e. The van der Waals surface area contributed by atoms with Gasteiger partial charge in [0, 0.05) is 25.0 Å². The largest absolute Gasteiger partial charge is 0.337 e. The fourth-order valence-corrected chi connectivity index (χ4v) is 3.53. The summed E-state index contributed by atoms with van der Waals surface area (Å²) in [6, 6.07) is 11.6. The average molecular weight is 370 g/mol. The number of aromatic nitrogens is 2. The second-order valence-corrected chi connectivity index (χ2v) is 6.36. The summed E-state index contributed by atoms with van der Waals surface area (Å²) in [5.74, 6) is 0. The lowest BCUT2D eigenvalue weighted by atomic mass is 9.98. The maximum absolute atomic E-state index is 4.14. The molecule has 0 bridgehead atoms. The molecule has 0 amide bonds. The van der Waals surface area contributed by atoms with Crippen molar-refractivity contribution in [3.63, 3.8) is 0 Å². The van der Waals surface area contributed by atoms with Crippen molar-refractivity contribution in [2.75, 3.05) is 13.1 Å². The Morgan fingerprint density at radius 2 is 1.88 bits per heavy atom. The number of benzene rings is 1. The summed E-state index contributed by atoms with van der Waals surface area (Å²) in [6.07, 6.45) is 13.7. The van der Waals surface area contributed by atoms with E-state index in [0.717, 1.165) is 12.6 Å². The second kappa shape index (κ2) is 11.5. The maximum atomic E-state index is 4.14. The highest BCUT2D eigenvalue weighted by atomic mass is 35.5. The van der Waals surface area contributed by atoms with E-state index in [-0.39, 0.29) is 24.8 Å². The van der Waals surface area contributed by atoms with Gasteiger partial charge < -0.3 is 9.47 Å². The summed E-state index contributed by atoms with van der Waals surface area (Å²) in [6.45, 7) is 3.62. The molecule has 1 aromatic heterocycles. The SMILES string of the molecule is Cl.Cl.c1ccc(CCCN2CCCCC2CCn2ccnc2)cc1. The van der Waals surface area contributed by atoms with E-state index in [0.29, 0.717) is 0 Å². The summed E-state index contributed by atoms with van der Waals surface area (Å²) < 4.78 is 2.21. The molecule has 2 heterocycles. The van der Waals surface area contributed by atoms with Crippen molar-refractivity contribution in [1.29, 1.82) is 0 Å². The number of hydrogen-bond donors (Lipinski definition) is 0. The van der Waals surface area contributed by atoms with Crippen LogP contribution in [0.1, 0.15) is 37.7 Å². The molecule has 5 heteroatoms. The van der Waals surface area contributed by atoms with E-state index in [1.165, 1.54) is 57.2 Å². The van der Waals surface area contributed by atoms with Crippen LogP contribution < -0.4 is 0 Å². The van der Waals surface area contributed by atoms with Crippen LogP contribution >= 0.6 is 24.8 Å². The molecule has 0 radical (unpaired) electrons. The van der Waals surface area contributed by atoms with E-state index in [4.69, 9.17) is 0 Å². The predicted molar refractivity (Wildman–Crippen MR) is 105 cm³/mol. The molecule has 1 aliphatic heterocycles. The molecule has 0 saturated carbocycles. The van der Waals surface area contributed by atoms with Crippen LogP contribution in [0.15, 0.2) is 49.1 Å². The number of imidazole rings is 1. The monoisotopic (exact) mass is 369 g/mol. The van der Waals surface area contributed by atoms with Crippen molar-refractivity contribution in [1.82, 2.24) is 14.5 Å². The van der Waals surface area contributed by atoms with Crippen LogP contribution in [0.5, 0.6) is 0 Å². The van der Waals surface area contributed by atoms with E-state index < -0.39 is 0 Å². The zero-order valence-corrected chi connectivity index (χ0v) is 15.9. The average Bonchev–Trinajstić information content (AvgIpc) is 3.08. The van der Waals surface area contributed by atoms with Crippen LogP contribution in [0.3, 0.4) is 0 Å². The number of halogens is 2. The van der Waals surface area contributed by atoms with Gasteiger partial charge in [-0.25, -0.2) is 4.98 Å². The molecule has 0 N–H and O–H groups in total. The second-order valence-electron chi connectivity index (χ2n) is 6.36. The van der Waals surface area contributed by atoms with Gasteiger partial charge in [0.05, 0.1) is 6.33 Å². The number of hydrogen-bond acceptors (Lipinski definition) is 2. The number of nitrogens with zero attached hydrogens (tertiary/aromatic N) is 3. The Hall–Kier alpha value is -1.03. The lowest BCUT2D eigenvalue weighted by Crippen LogP contribution is -2.40. The minimum Gasteiger partial charge on any atom is -0.337 e. The topological polar surface area (TPSA) is 21.1 Å². The standard InChI is InChI=1S/C19H27N3.2ClH/c1-2-7-18(8-3-1)9-6-14-22-13-5-4-10-19(22)11-15-21-16-12-20-17-21;;/h1-3,7-8,12,16-17,19H,4-6,9-11,13-15H2;2*1H. The lowest BCUT2D eigenvalue weighted by molar-refractivity contribution is 0.134. The molecule has 1 aliphatic rings. The smallest absolute Gasteiger partial charge is 0.0945 e. The quantitative estimate of drug-likeness (QED) is 0.710. The molecule has 3 rings (SSSR count). The van der Waals surface area contributed by atoms with E-state index in [2.05, 4.69) is 51.0 Å². The van der Waals surface area contributed by atoms with E-state index in [9.17, 15) is 0 Å². The lowest BCUT2D eigenvalue weighted by Gasteiger charge is -2.36. The van der Waals surface area contributed by atoms with Crippen molar-refractivity contribution < 1.29 is 0 Å². The molecule has 1 unspecified atom stereocenters. The van der Waals surface area contributed by atoms with Gasteiger partial charge >= 0.3 is 0 Å². The number of rotatable bonds is 7. The molecular weight excluding hydrogens is 341 g/mol. The summed E-state index contributed by atoms with van der Waals surface area (Å²) in [4.78, 5) is 6.86. The summed E-state index contributed by atoms with van der Waals surface area (Å²) in [5, 5.41) is 0. The van der Waals surface area contributed by atoms with Crippen LogP contribution in [-0.2, 0) is 13.0 Å². The normalized spacial score (nSPS) is 17.8. The van der Waals surface area contributed by atoms with Gasteiger partial charge in [-0.1, -0.05) is 36.8 Å². The first-order chi connectivity index (χ1) is 10.9. The molecule has 3 nitrogen and oxygen atoms in total. The Labute approximate surface area is 158 Å². The number of piperidine rings is 1. The first-order valence-corrected chi connectivity index (χ1v) is 8.65. The van der Waals surface area contributed by atoms with Gasteiger partial charge in [-0.2, -0.15) is 0 Å². The first-order valence-electron chi connectivity index (χ1n) is 8.65. The molecule has 24 heavy (non-hydrogen) atoms. The molecule has 0 spiro atoms. The number of aryl methyl sites for hydroxylation is 2. The number of likely N-dealkylation sites (tertiary alicyclic amines) is 1. The summed E-state index contributed by atoms with van der Waals surface area (Å²) in [7, 11) is 0. The molecule has 1 saturated heterocycles. The highest BCUT2D eigenvalue weighted by Gasteiger charge is 2.21. The first kappa shape index (κ1) is 21.0. The van der Waals surface area contributed by atoms with Crippen LogP contribution in [-0.4, -0.2) is 33.6 Å².